The highest BCUT2D eigenvalue weighted by Crippen LogP contribution is 2.18. The van der Waals surface area contributed by atoms with Crippen LogP contribution in [0.15, 0.2) is 0 Å². The maximum absolute atomic E-state index is 5.66. The van der Waals surface area contributed by atoms with Gasteiger partial charge >= 0.3 is 0 Å². The first-order valence-electron chi connectivity index (χ1n) is 6.29. The van der Waals surface area contributed by atoms with Crippen molar-refractivity contribution in [2.24, 2.45) is 5.92 Å². The van der Waals surface area contributed by atoms with Gasteiger partial charge in [-0.05, 0) is 45.7 Å². The molecule has 2 aliphatic rings. The summed E-state index contributed by atoms with van der Waals surface area (Å²) < 4.78 is 5.66. The van der Waals surface area contributed by atoms with Crippen LogP contribution in [0, 0.1) is 5.92 Å². The standard InChI is InChI=1S/C12H24N2O/c1-10-11(5-6-13-10)8-14(2)9-12-4-3-7-15-12/h10-13H,3-9H2,1-2H3. The highest BCUT2D eigenvalue weighted by Gasteiger charge is 2.25. The van der Waals surface area contributed by atoms with Gasteiger partial charge in [0, 0.05) is 25.7 Å². The molecule has 2 fully saturated rings. The van der Waals surface area contributed by atoms with Crippen molar-refractivity contribution in [1.82, 2.24) is 10.2 Å². The van der Waals surface area contributed by atoms with E-state index in [-0.39, 0.29) is 0 Å². The number of rotatable bonds is 4. The topological polar surface area (TPSA) is 24.5 Å². The molecule has 0 aromatic rings. The number of nitrogens with one attached hydrogen (secondary N) is 1. The maximum Gasteiger partial charge on any atom is 0.0702 e. The summed E-state index contributed by atoms with van der Waals surface area (Å²) in [6.45, 7) is 6.80. The molecule has 0 amide bonds. The van der Waals surface area contributed by atoms with Crippen LogP contribution in [-0.4, -0.2) is 50.3 Å². The predicted molar refractivity (Wildman–Crippen MR) is 62.0 cm³/mol. The fraction of sp³-hybridized carbons (Fsp3) is 1.00. The summed E-state index contributed by atoms with van der Waals surface area (Å²) in [5, 5.41) is 3.51. The van der Waals surface area contributed by atoms with Crippen LogP contribution in [0.25, 0.3) is 0 Å². The Bertz CT molecular complexity index is 192. The molecule has 0 saturated carbocycles. The zero-order chi connectivity index (χ0) is 10.7. The van der Waals surface area contributed by atoms with Gasteiger partial charge in [0.25, 0.3) is 0 Å². The van der Waals surface area contributed by atoms with E-state index in [1.807, 2.05) is 0 Å². The first kappa shape index (κ1) is 11.4. The summed E-state index contributed by atoms with van der Waals surface area (Å²) in [5.74, 6) is 0.830. The maximum atomic E-state index is 5.66. The van der Waals surface area contributed by atoms with E-state index in [1.165, 1.54) is 32.4 Å². The largest absolute Gasteiger partial charge is 0.377 e. The molecule has 0 aromatic heterocycles. The molecule has 2 rings (SSSR count). The summed E-state index contributed by atoms with van der Waals surface area (Å²) in [6.07, 6.45) is 4.33. The molecule has 0 radical (unpaired) electrons. The van der Waals surface area contributed by atoms with E-state index in [1.54, 1.807) is 0 Å². The Morgan fingerprint density at radius 2 is 2.20 bits per heavy atom. The van der Waals surface area contributed by atoms with Gasteiger partial charge in [-0.15, -0.1) is 0 Å². The van der Waals surface area contributed by atoms with Crippen LogP contribution >= 0.6 is 0 Å². The third-order valence-corrected chi connectivity index (χ3v) is 3.77. The Balaban J connectivity index is 1.69. The van der Waals surface area contributed by atoms with E-state index in [0.717, 1.165) is 19.1 Å². The molecule has 88 valence electrons. The number of hydrogen-bond donors (Lipinski definition) is 1. The zero-order valence-electron chi connectivity index (χ0n) is 10.0. The van der Waals surface area contributed by atoms with Gasteiger partial charge in [-0.2, -0.15) is 0 Å². The Morgan fingerprint density at radius 1 is 1.33 bits per heavy atom. The lowest BCUT2D eigenvalue weighted by Gasteiger charge is -2.25. The van der Waals surface area contributed by atoms with Crippen molar-refractivity contribution >= 4 is 0 Å². The fourth-order valence-corrected chi connectivity index (χ4v) is 2.77. The molecule has 2 saturated heterocycles. The van der Waals surface area contributed by atoms with E-state index in [0.29, 0.717) is 12.1 Å². The zero-order valence-corrected chi connectivity index (χ0v) is 10.0. The average molecular weight is 212 g/mol. The number of ether oxygens (including phenoxy) is 1. The van der Waals surface area contributed by atoms with Gasteiger partial charge in [-0.3, -0.25) is 0 Å². The summed E-state index contributed by atoms with van der Waals surface area (Å²) in [5.41, 5.74) is 0. The van der Waals surface area contributed by atoms with E-state index in [2.05, 4.69) is 24.2 Å². The van der Waals surface area contributed by atoms with Crippen LogP contribution in [-0.2, 0) is 4.74 Å². The van der Waals surface area contributed by atoms with Gasteiger partial charge in [0.15, 0.2) is 0 Å². The molecule has 0 bridgehead atoms. The van der Waals surface area contributed by atoms with Crippen LogP contribution in [0.1, 0.15) is 26.2 Å². The smallest absolute Gasteiger partial charge is 0.0702 e. The summed E-state index contributed by atoms with van der Waals surface area (Å²) in [7, 11) is 2.23. The molecule has 3 nitrogen and oxygen atoms in total. The van der Waals surface area contributed by atoms with Crippen LogP contribution in [0.3, 0.4) is 0 Å². The Hall–Kier alpha value is -0.120. The molecular formula is C12H24N2O. The summed E-state index contributed by atoms with van der Waals surface area (Å²) >= 11 is 0. The number of nitrogens with zero attached hydrogens (tertiary/aromatic N) is 1. The molecule has 1 N–H and O–H groups in total. The second kappa shape index (κ2) is 5.28. The normalized spacial score (nSPS) is 36.6. The van der Waals surface area contributed by atoms with Gasteiger partial charge in [-0.1, -0.05) is 0 Å². The third kappa shape index (κ3) is 3.16. The van der Waals surface area contributed by atoms with Crippen LogP contribution in [0.5, 0.6) is 0 Å². The van der Waals surface area contributed by atoms with Gasteiger partial charge in [0.1, 0.15) is 0 Å². The molecule has 0 aromatic carbocycles. The quantitative estimate of drug-likeness (QED) is 0.755. The minimum atomic E-state index is 0.500. The van der Waals surface area contributed by atoms with Crippen LogP contribution in [0.2, 0.25) is 0 Å². The first-order chi connectivity index (χ1) is 7.25. The van der Waals surface area contributed by atoms with Crippen molar-refractivity contribution in [3.05, 3.63) is 0 Å². The average Bonchev–Trinajstić information content (AvgIpc) is 2.79. The molecule has 15 heavy (non-hydrogen) atoms. The summed E-state index contributed by atoms with van der Waals surface area (Å²) in [6, 6.07) is 0.692. The van der Waals surface area contributed by atoms with Crippen molar-refractivity contribution in [3.8, 4) is 0 Å². The highest BCUT2D eigenvalue weighted by atomic mass is 16.5. The Kier molecular flexibility index (Phi) is 4.00. The van der Waals surface area contributed by atoms with E-state index in [9.17, 15) is 0 Å². The van der Waals surface area contributed by atoms with E-state index >= 15 is 0 Å². The SMILES string of the molecule is CC1NCCC1CN(C)CC1CCCO1. The minimum Gasteiger partial charge on any atom is -0.377 e. The molecule has 0 aliphatic carbocycles. The van der Waals surface area contributed by atoms with Crippen molar-refractivity contribution in [2.45, 2.75) is 38.3 Å². The highest BCUT2D eigenvalue weighted by molar-refractivity contribution is 4.82. The minimum absolute atomic E-state index is 0.500. The summed E-state index contributed by atoms with van der Waals surface area (Å²) in [4.78, 5) is 2.45. The van der Waals surface area contributed by atoms with Crippen LogP contribution in [0.4, 0.5) is 0 Å². The second-order valence-corrected chi connectivity index (χ2v) is 5.15. The first-order valence-corrected chi connectivity index (χ1v) is 6.29. The Morgan fingerprint density at radius 3 is 2.80 bits per heavy atom. The fourth-order valence-electron chi connectivity index (χ4n) is 2.77. The molecule has 2 heterocycles. The lowest BCUT2D eigenvalue weighted by atomic mass is 10.0. The van der Waals surface area contributed by atoms with Crippen molar-refractivity contribution in [2.75, 3.05) is 33.3 Å². The van der Waals surface area contributed by atoms with Crippen molar-refractivity contribution in [1.29, 1.82) is 0 Å². The molecule has 3 heteroatoms. The van der Waals surface area contributed by atoms with Gasteiger partial charge in [0.2, 0.25) is 0 Å². The molecule has 3 unspecified atom stereocenters. The third-order valence-electron chi connectivity index (χ3n) is 3.77. The lowest BCUT2D eigenvalue weighted by molar-refractivity contribution is 0.0762. The molecular weight excluding hydrogens is 188 g/mol. The Labute approximate surface area is 93.2 Å². The van der Waals surface area contributed by atoms with Crippen LogP contribution < -0.4 is 5.32 Å². The molecule has 3 atom stereocenters. The van der Waals surface area contributed by atoms with Crippen molar-refractivity contribution in [3.63, 3.8) is 0 Å². The van der Waals surface area contributed by atoms with E-state index in [4.69, 9.17) is 4.74 Å². The van der Waals surface area contributed by atoms with Gasteiger partial charge < -0.3 is 15.0 Å². The van der Waals surface area contributed by atoms with E-state index < -0.39 is 0 Å². The van der Waals surface area contributed by atoms with Gasteiger partial charge in [-0.25, -0.2) is 0 Å². The molecule has 0 spiro atoms. The predicted octanol–water partition coefficient (Wildman–Crippen LogP) is 1.10. The van der Waals surface area contributed by atoms with Crippen molar-refractivity contribution < 1.29 is 4.74 Å². The monoisotopic (exact) mass is 212 g/mol. The second-order valence-electron chi connectivity index (χ2n) is 5.15. The molecule has 2 aliphatic heterocycles. The lowest BCUT2D eigenvalue weighted by Crippen LogP contribution is -2.36. The number of hydrogen-bond acceptors (Lipinski definition) is 3. The number of likely N-dealkylation sites (N-methyl/N-ethyl adjacent to an activating group) is 1. The van der Waals surface area contributed by atoms with Gasteiger partial charge in [0.05, 0.1) is 6.10 Å².